The zero-order valence-corrected chi connectivity index (χ0v) is 14.3. The van der Waals surface area contributed by atoms with Gasteiger partial charge in [-0.25, -0.2) is 4.98 Å². The molecule has 2 aliphatic heterocycles. The molecule has 3 unspecified atom stereocenters. The summed E-state index contributed by atoms with van der Waals surface area (Å²) >= 11 is 0. The van der Waals surface area contributed by atoms with Gasteiger partial charge < -0.3 is 9.72 Å². The number of hydrogen-bond donors (Lipinski definition) is 1. The molecular formula is C18H21N3O4. The maximum absolute atomic E-state index is 12.5. The SMILES string of the molecule is CCCCc1nc2ccc(C3C4C(=O)OCC4ON3C)cc2c(=O)[nH]1. The van der Waals surface area contributed by atoms with Gasteiger partial charge in [-0.05, 0) is 24.1 Å². The van der Waals surface area contributed by atoms with Gasteiger partial charge in [-0.3, -0.25) is 14.4 Å². The Hall–Kier alpha value is -2.25. The third-order valence-corrected chi connectivity index (χ3v) is 4.98. The van der Waals surface area contributed by atoms with Gasteiger partial charge in [0.2, 0.25) is 0 Å². The molecule has 0 spiro atoms. The summed E-state index contributed by atoms with van der Waals surface area (Å²) in [5.41, 5.74) is 1.38. The third-order valence-electron chi connectivity index (χ3n) is 4.98. The van der Waals surface area contributed by atoms with Crippen LogP contribution in [0, 0.1) is 5.92 Å². The van der Waals surface area contributed by atoms with Crippen LogP contribution in [0.2, 0.25) is 0 Å². The van der Waals surface area contributed by atoms with Crippen LogP contribution in [0.1, 0.15) is 37.2 Å². The Kier molecular flexibility index (Phi) is 4.05. The fraction of sp³-hybridized carbons (Fsp3) is 0.500. The quantitative estimate of drug-likeness (QED) is 0.851. The molecule has 1 aromatic heterocycles. The second-order valence-electron chi connectivity index (χ2n) is 6.68. The molecule has 3 heterocycles. The van der Waals surface area contributed by atoms with Gasteiger partial charge in [0.25, 0.3) is 5.56 Å². The highest BCUT2D eigenvalue weighted by atomic mass is 16.7. The summed E-state index contributed by atoms with van der Waals surface area (Å²) in [6.07, 6.45) is 2.54. The standard InChI is InChI=1S/C18H21N3O4/c1-3-4-5-14-19-12-7-6-10(8-11(12)17(22)20-14)16-15-13(25-21(16)2)9-24-18(15)23/h6-8,13,15-16H,3-5,9H2,1-2H3,(H,19,20,22). The summed E-state index contributed by atoms with van der Waals surface area (Å²) in [5, 5.41) is 2.22. The molecule has 2 saturated heterocycles. The van der Waals surface area contributed by atoms with E-state index < -0.39 is 0 Å². The van der Waals surface area contributed by atoms with Crippen LogP contribution in [0.5, 0.6) is 0 Å². The number of cyclic esters (lactones) is 1. The molecule has 0 amide bonds. The summed E-state index contributed by atoms with van der Waals surface area (Å²) in [6, 6.07) is 5.31. The van der Waals surface area contributed by atoms with Crippen molar-refractivity contribution in [3.05, 3.63) is 39.9 Å². The van der Waals surface area contributed by atoms with Crippen molar-refractivity contribution < 1.29 is 14.4 Å². The van der Waals surface area contributed by atoms with E-state index in [0.717, 1.165) is 24.8 Å². The van der Waals surface area contributed by atoms with Crippen molar-refractivity contribution in [1.82, 2.24) is 15.0 Å². The Morgan fingerprint density at radius 1 is 1.36 bits per heavy atom. The first-order valence-corrected chi connectivity index (χ1v) is 8.67. The molecule has 25 heavy (non-hydrogen) atoms. The topological polar surface area (TPSA) is 84.5 Å². The Labute approximate surface area is 144 Å². The summed E-state index contributed by atoms with van der Waals surface area (Å²) in [4.78, 5) is 37.7. The minimum Gasteiger partial charge on any atom is -0.462 e. The third kappa shape index (κ3) is 2.73. The largest absolute Gasteiger partial charge is 0.462 e. The van der Waals surface area contributed by atoms with E-state index in [1.165, 1.54) is 0 Å². The van der Waals surface area contributed by atoms with Gasteiger partial charge in [0, 0.05) is 13.5 Å². The highest BCUT2D eigenvalue weighted by Gasteiger charge is 2.52. The molecule has 0 bridgehead atoms. The number of nitrogens with one attached hydrogen (secondary N) is 1. The van der Waals surface area contributed by atoms with Crippen LogP contribution in [0.25, 0.3) is 10.9 Å². The molecular weight excluding hydrogens is 322 g/mol. The van der Waals surface area contributed by atoms with Crippen molar-refractivity contribution in [1.29, 1.82) is 0 Å². The average Bonchev–Trinajstić information content (AvgIpc) is 3.11. The lowest BCUT2D eigenvalue weighted by Crippen LogP contribution is -2.25. The minimum atomic E-state index is -0.363. The van der Waals surface area contributed by atoms with E-state index in [4.69, 9.17) is 9.57 Å². The number of carbonyl (C=O) groups excluding carboxylic acids is 1. The van der Waals surface area contributed by atoms with E-state index in [-0.39, 0.29) is 36.2 Å². The molecule has 0 radical (unpaired) electrons. The van der Waals surface area contributed by atoms with Crippen LogP contribution in [0.3, 0.4) is 0 Å². The molecule has 3 atom stereocenters. The van der Waals surface area contributed by atoms with Gasteiger partial charge in [0.1, 0.15) is 24.5 Å². The van der Waals surface area contributed by atoms with E-state index >= 15 is 0 Å². The molecule has 2 aliphatic rings. The van der Waals surface area contributed by atoms with Gasteiger partial charge in [0.15, 0.2) is 0 Å². The molecule has 1 N–H and O–H groups in total. The number of aromatic amines is 1. The van der Waals surface area contributed by atoms with Crippen molar-refractivity contribution >= 4 is 16.9 Å². The van der Waals surface area contributed by atoms with Gasteiger partial charge in [-0.2, -0.15) is 5.06 Å². The summed E-state index contributed by atoms with van der Waals surface area (Å²) in [7, 11) is 1.80. The molecule has 0 aliphatic carbocycles. The Morgan fingerprint density at radius 3 is 3.00 bits per heavy atom. The van der Waals surface area contributed by atoms with Gasteiger partial charge in [-0.15, -0.1) is 0 Å². The molecule has 4 rings (SSSR count). The van der Waals surface area contributed by atoms with Gasteiger partial charge in [0.05, 0.1) is 16.9 Å². The smallest absolute Gasteiger partial charge is 0.313 e. The second-order valence-corrected chi connectivity index (χ2v) is 6.68. The number of esters is 1. The van der Waals surface area contributed by atoms with Crippen molar-refractivity contribution in [2.24, 2.45) is 5.92 Å². The van der Waals surface area contributed by atoms with Crippen molar-refractivity contribution in [3.63, 3.8) is 0 Å². The normalized spacial score (nSPS) is 26.2. The zero-order chi connectivity index (χ0) is 17.6. The number of unbranched alkanes of at least 4 members (excludes halogenated alkanes) is 1. The second kappa shape index (κ2) is 6.24. The Morgan fingerprint density at radius 2 is 2.20 bits per heavy atom. The molecule has 2 aromatic rings. The number of aromatic nitrogens is 2. The van der Waals surface area contributed by atoms with Gasteiger partial charge in [-0.1, -0.05) is 19.4 Å². The molecule has 2 fully saturated rings. The van der Waals surface area contributed by atoms with Crippen LogP contribution in [0.4, 0.5) is 0 Å². The molecule has 7 heteroatoms. The van der Waals surface area contributed by atoms with Crippen LogP contribution in [-0.2, 0) is 20.8 Å². The number of hydrogen-bond acceptors (Lipinski definition) is 6. The number of aryl methyl sites for hydroxylation is 1. The lowest BCUT2D eigenvalue weighted by molar-refractivity contribution is -0.161. The lowest BCUT2D eigenvalue weighted by Gasteiger charge is -2.21. The minimum absolute atomic E-state index is 0.148. The number of carbonyl (C=O) groups is 1. The first-order valence-electron chi connectivity index (χ1n) is 8.67. The maximum Gasteiger partial charge on any atom is 0.313 e. The van der Waals surface area contributed by atoms with E-state index in [9.17, 15) is 9.59 Å². The number of rotatable bonds is 4. The number of nitrogens with zero attached hydrogens (tertiary/aromatic N) is 2. The van der Waals surface area contributed by atoms with Crippen molar-refractivity contribution in [2.75, 3.05) is 13.7 Å². The van der Waals surface area contributed by atoms with Gasteiger partial charge >= 0.3 is 5.97 Å². The monoisotopic (exact) mass is 343 g/mol. The van der Waals surface area contributed by atoms with E-state index in [1.807, 2.05) is 18.2 Å². The van der Waals surface area contributed by atoms with Crippen LogP contribution in [0.15, 0.2) is 23.0 Å². The Bertz CT molecular complexity index is 878. The van der Waals surface area contributed by atoms with Crippen LogP contribution < -0.4 is 5.56 Å². The average molecular weight is 343 g/mol. The summed E-state index contributed by atoms with van der Waals surface area (Å²) < 4.78 is 5.11. The molecule has 132 valence electrons. The van der Waals surface area contributed by atoms with Crippen LogP contribution in [-0.4, -0.2) is 40.8 Å². The van der Waals surface area contributed by atoms with Crippen molar-refractivity contribution in [3.8, 4) is 0 Å². The first-order chi connectivity index (χ1) is 12.1. The molecule has 7 nitrogen and oxygen atoms in total. The maximum atomic E-state index is 12.5. The van der Waals surface area contributed by atoms with Crippen LogP contribution >= 0.6 is 0 Å². The summed E-state index contributed by atoms with van der Waals surface area (Å²) in [5.74, 6) is 0.104. The zero-order valence-electron chi connectivity index (χ0n) is 14.3. The number of ether oxygens (including phenoxy) is 1. The number of hydroxylamine groups is 2. The molecule has 1 aromatic carbocycles. The summed E-state index contributed by atoms with van der Waals surface area (Å²) in [6.45, 7) is 2.38. The first kappa shape index (κ1) is 16.2. The highest BCUT2D eigenvalue weighted by Crippen LogP contribution is 2.42. The lowest BCUT2D eigenvalue weighted by atomic mass is 9.91. The number of H-pyrrole nitrogens is 1. The predicted molar refractivity (Wildman–Crippen MR) is 90.8 cm³/mol. The van der Waals surface area contributed by atoms with E-state index in [1.54, 1.807) is 12.1 Å². The number of fused-ring (bicyclic) bond motifs is 2. The predicted octanol–water partition coefficient (Wildman–Crippen LogP) is 1.73. The van der Waals surface area contributed by atoms with Crippen molar-refractivity contribution in [2.45, 2.75) is 38.3 Å². The Balaban J connectivity index is 1.73. The fourth-order valence-corrected chi connectivity index (χ4v) is 3.72. The molecule has 0 saturated carbocycles. The number of benzene rings is 1. The van der Waals surface area contributed by atoms with E-state index in [2.05, 4.69) is 16.9 Å². The van der Waals surface area contributed by atoms with E-state index in [0.29, 0.717) is 16.7 Å². The highest BCUT2D eigenvalue weighted by molar-refractivity contribution is 5.80. The fourth-order valence-electron chi connectivity index (χ4n) is 3.72.